The van der Waals surface area contributed by atoms with Crippen molar-refractivity contribution in [1.29, 1.82) is 0 Å². The van der Waals surface area contributed by atoms with Crippen LogP contribution < -0.4 is 5.32 Å². The Morgan fingerprint density at radius 1 is 1.56 bits per heavy atom. The number of pyridine rings is 1. The Morgan fingerprint density at radius 2 is 2.38 bits per heavy atom. The minimum absolute atomic E-state index is 0.253. The second-order valence-corrected chi connectivity index (χ2v) is 3.76. The molecule has 2 heterocycles. The highest BCUT2D eigenvalue weighted by molar-refractivity contribution is 5.90. The van der Waals surface area contributed by atoms with Crippen LogP contribution in [0.5, 0.6) is 0 Å². The third-order valence-electron chi connectivity index (χ3n) is 2.42. The summed E-state index contributed by atoms with van der Waals surface area (Å²) in [5.74, 6) is -1.51. The van der Waals surface area contributed by atoms with E-state index in [4.69, 9.17) is 9.52 Å². The lowest BCUT2D eigenvalue weighted by molar-refractivity contribution is 0.0656. The molecule has 16 heavy (non-hydrogen) atoms. The average molecular weight is 219 g/mol. The van der Waals surface area contributed by atoms with Crippen molar-refractivity contribution in [2.45, 2.75) is 18.9 Å². The second-order valence-electron chi connectivity index (χ2n) is 3.76. The fourth-order valence-electron chi connectivity index (χ4n) is 1.49. The van der Waals surface area contributed by atoms with Crippen molar-refractivity contribution in [3.05, 3.63) is 18.2 Å². The highest BCUT2D eigenvalue weighted by atomic mass is 16.4. The summed E-state index contributed by atoms with van der Waals surface area (Å²) in [5.41, 5.74) is 1.51. The second kappa shape index (κ2) is 3.19. The van der Waals surface area contributed by atoms with Crippen molar-refractivity contribution in [2.24, 2.45) is 0 Å². The molecule has 0 aromatic carbocycles. The van der Waals surface area contributed by atoms with Crippen LogP contribution in [0.2, 0.25) is 0 Å². The van der Waals surface area contributed by atoms with E-state index >= 15 is 0 Å². The molecule has 3 rings (SSSR count). The monoisotopic (exact) mass is 219 g/mol. The zero-order chi connectivity index (χ0) is 11.1. The number of anilines is 1. The van der Waals surface area contributed by atoms with Crippen molar-refractivity contribution >= 4 is 22.9 Å². The van der Waals surface area contributed by atoms with Crippen LogP contribution in [0.3, 0.4) is 0 Å². The summed E-state index contributed by atoms with van der Waals surface area (Å²) in [6.07, 6.45) is 3.84. The van der Waals surface area contributed by atoms with Gasteiger partial charge in [0.25, 0.3) is 0 Å². The molecule has 1 fully saturated rings. The zero-order valence-corrected chi connectivity index (χ0v) is 8.30. The average Bonchev–Trinajstić information content (AvgIpc) is 2.95. The highest BCUT2D eigenvalue weighted by Gasteiger charge is 2.23. The van der Waals surface area contributed by atoms with E-state index in [1.54, 1.807) is 12.3 Å². The van der Waals surface area contributed by atoms with Gasteiger partial charge in [0, 0.05) is 12.2 Å². The third-order valence-corrected chi connectivity index (χ3v) is 2.42. The maximum atomic E-state index is 10.7. The summed E-state index contributed by atoms with van der Waals surface area (Å²) in [5, 5.41) is 12.0. The molecule has 0 saturated heterocycles. The Hall–Kier alpha value is -2.11. The van der Waals surface area contributed by atoms with Gasteiger partial charge in [-0.05, 0) is 18.9 Å². The molecule has 0 radical (unpaired) electrons. The summed E-state index contributed by atoms with van der Waals surface area (Å²) in [7, 11) is 0. The van der Waals surface area contributed by atoms with E-state index in [9.17, 15) is 4.79 Å². The Bertz CT molecular complexity index is 559. The van der Waals surface area contributed by atoms with Crippen molar-refractivity contribution in [1.82, 2.24) is 9.97 Å². The van der Waals surface area contributed by atoms with Gasteiger partial charge >= 0.3 is 11.9 Å². The maximum Gasteiger partial charge on any atom is 0.392 e. The summed E-state index contributed by atoms with van der Waals surface area (Å²) in [6.45, 7) is 0. The lowest BCUT2D eigenvalue weighted by Crippen LogP contribution is -2.01. The number of nitrogens with one attached hydrogen (secondary N) is 1. The van der Waals surface area contributed by atoms with Gasteiger partial charge in [-0.25, -0.2) is 9.78 Å². The smallest absolute Gasteiger partial charge is 0.392 e. The van der Waals surface area contributed by atoms with Gasteiger partial charge in [0.1, 0.15) is 0 Å². The normalized spacial score (nSPS) is 15.2. The number of aromatic nitrogens is 2. The topological polar surface area (TPSA) is 88.2 Å². The minimum atomic E-state index is -1.18. The number of nitrogens with zero attached hydrogens (tertiary/aromatic N) is 2. The Morgan fingerprint density at radius 3 is 3.06 bits per heavy atom. The number of carboxylic acids is 1. The van der Waals surface area contributed by atoms with Crippen LogP contribution in [-0.4, -0.2) is 27.1 Å². The van der Waals surface area contributed by atoms with Gasteiger partial charge in [0.05, 0.1) is 5.69 Å². The standard InChI is InChI=1S/C10H9N3O3/c14-10(15)9-13-7-6(12-5-1-2-5)3-4-11-8(7)16-9/h3-5H,1-2H2,(H,11,12)(H,14,15). The number of rotatable bonds is 3. The van der Waals surface area contributed by atoms with Gasteiger partial charge in [0.2, 0.25) is 5.71 Å². The quantitative estimate of drug-likeness (QED) is 0.813. The molecule has 2 aromatic heterocycles. The van der Waals surface area contributed by atoms with Gasteiger partial charge in [-0.3, -0.25) is 0 Å². The van der Waals surface area contributed by atoms with E-state index in [1.807, 2.05) is 0 Å². The van der Waals surface area contributed by atoms with E-state index < -0.39 is 5.97 Å². The van der Waals surface area contributed by atoms with E-state index in [1.165, 1.54) is 0 Å². The van der Waals surface area contributed by atoms with Gasteiger partial charge < -0.3 is 14.8 Å². The van der Waals surface area contributed by atoms with Crippen molar-refractivity contribution in [3.63, 3.8) is 0 Å². The predicted octanol–water partition coefficient (Wildman–Crippen LogP) is 1.50. The maximum absolute atomic E-state index is 10.7. The molecule has 0 unspecified atom stereocenters. The Balaban J connectivity index is 2.09. The largest absolute Gasteiger partial charge is 0.474 e. The summed E-state index contributed by atoms with van der Waals surface area (Å²) in [6, 6.07) is 2.24. The van der Waals surface area contributed by atoms with Crippen LogP contribution in [0.15, 0.2) is 16.7 Å². The number of oxazole rings is 1. The molecule has 0 bridgehead atoms. The molecule has 0 aliphatic heterocycles. The van der Waals surface area contributed by atoms with Crippen molar-refractivity contribution in [2.75, 3.05) is 5.32 Å². The van der Waals surface area contributed by atoms with Gasteiger partial charge in [-0.1, -0.05) is 0 Å². The molecular weight excluding hydrogens is 210 g/mol. The first-order valence-corrected chi connectivity index (χ1v) is 4.99. The molecule has 6 nitrogen and oxygen atoms in total. The van der Waals surface area contributed by atoms with Crippen LogP contribution in [-0.2, 0) is 0 Å². The van der Waals surface area contributed by atoms with E-state index in [0.717, 1.165) is 18.5 Å². The molecule has 1 aliphatic rings. The molecule has 82 valence electrons. The number of fused-ring (bicyclic) bond motifs is 1. The van der Waals surface area contributed by atoms with Gasteiger partial charge in [0.15, 0.2) is 5.52 Å². The number of carboxylic acid groups (broad SMARTS) is 1. The first-order chi connectivity index (χ1) is 7.74. The fraction of sp³-hybridized carbons (Fsp3) is 0.300. The number of carbonyl (C=O) groups is 1. The lowest BCUT2D eigenvalue weighted by Gasteiger charge is -2.02. The highest BCUT2D eigenvalue weighted by Crippen LogP contribution is 2.28. The number of hydrogen-bond donors (Lipinski definition) is 2. The summed E-state index contributed by atoms with van der Waals surface area (Å²) in [4.78, 5) is 18.6. The molecule has 2 aromatic rings. The lowest BCUT2D eigenvalue weighted by atomic mass is 10.3. The molecule has 0 spiro atoms. The minimum Gasteiger partial charge on any atom is -0.474 e. The molecule has 1 saturated carbocycles. The third kappa shape index (κ3) is 1.48. The van der Waals surface area contributed by atoms with E-state index in [0.29, 0.717) is 11.6 Å². The Kier molecular flexibility index (Phi) is 1.82. The van der Waals surface area contributed by atoms with E-state index in [2.05, 4.69) is 15.3 Å². The molecule has 6 heteroatoms. The first-order valence-electron chi connectivity index (χ1n) is 4.99. The molecule has 1 aliphatic carbocycles. The summed E-state index contributed by atoms with van der Waals surface area (Å²) >= 11 is 0. The Labute approximate surface area is 90.3 Å². The SMILES string of the molecule is O=C(O)c1nc2c(NC3CC3)ccnc2o1. The van der Waals surface area contributed by atoms with Gasteiger partial charge in [-0.2, -0.15) is 4.98 Å². The summed E-state index contributed by atoms with van der Waals surface area (Å²) < 4.78 is 5.01. The number of hydrogen-bond acceptors (Lipinski definition) is 5. The molecule has 0 atom stereocenters. The zero-order valence-electron chi connectivity index (χ0n) is 8.30. The van der Waals surface area contributed by atoms with Crippen LogP contribution in [0.4, 0.5) is 5.69 Å². The van der Waals surface area contributed by atoms with E-state index in [-0.39, 0.29) is 11.6 Å². The van der Waals surface area contributed by atoms with Crippen LogP contribution >= 0.6 is 0 Å². The van der Waals surface area contributed by atoms with Crippen LogP contribution in [0.25, 0.3) is 11.2 Å². The van der Waals surface area contributed by atoms with Crippen molar-refractivity contribution < 1.29 is 14.3 Å². The first kappa shape index (κ1) is 9.14. The molecular formula is C10H9N3O3. The predicted molar refractivity (Wildman–Crippen MR) is 55.4 cm³/mol. The van der Waals surface area contributed by atoms with Crippen LogP contribution in [0.1, 0.15) is 23.5 Å². The number of aromatic carboxylic acids is 1. The van der Waals surface area contributed by atoms with Gasteiger partial charge in [-0.15, -0.1) is 0 Å². The molecule has 2 N–H and O–H groups in total. The van der Waals surface area contributed by atoms with Crippen LogP contribution in [0, 0.1) is 0 Å². The fourth-order valence-corrected chi connectivity index (χ4v) is 1.49. The molecule has 0 amide bonds. The van der Waals surface area contributed by atoms with Crippen molar-refractivity contribution in [3.8, 4) is 0 Å².